The standard InChI is InChI=1S/C16H18Cl2N2/c1-11(14-5-3-4-6-15(14)18)20(2)16-9-13(17)8-7-12(16)10-19/h3-9,11H,10,19H2,1-2H3. The van der Waals surface area contributed by atoms with Crippen LogP contribution in [-0.4, -0.2) is 7.05 Å². The van der Waals surface area contributed by atoms with E-state index in [-0.39, 0.29) is 6.04 Å². The molecule has 0 radical (unpaired) electrons. The minimum Gasteiger partial charge on any atom is -0.367 e. The van der Waals surface area contributed by atoms with Gasteiger partial charge in [-0.25, -0.2) is 0 Å². The van der Waals surface area contributed by atoms with Crippen LogP contribution in [0.4, 0.5) is 5.69 Å². The zero-order valence-corrected chi connectivity index (χ0v) is 13.1. The fourth-order valence-corrected chi connectivity index (χ4v) is 2.73. The van der Waals surface area contributed by atoms with Crippen molar-refractivity contribution < 1.29 is 0 Å². The van der Waals surface area contributed by atoms with Crippen LogP contribution in [0.1, 0.15) is 24.1 Å². The second-order valence-corrected chi connectivity index (χ2v) is 5.63. The molecule has 0 aliphatic carbocycles. The predicted octanol–water partition coefficient (Wildman–Crippen LogP) is 4.65. The maximum atomic E-state index is 6.28. The molecule has 0 bridgehead atoms. The second-order valence-electron chi connectivity index (χ2n) is 4.79. The summed E-state index contributed by atoms with van der Waals surface area (Å²) in [5, 5.41) is 1.47. The van der Waals surface area contributed by atoms with Gasteiger partial charge in [-0.05, 0) is 36.2 Å². The largest absolute Gasteiger partial charge is 0.367 e. The molecule has 2 rings (SSSR count). The van der Waals surface area contributed by atoms with Crippen molar-refractivity contribution in [3.63, 3.8) is 0 Å². The Kier molecular flexibility index (Phi) is 4.92. The van der Waals surface area contributed by atoms with Gasteiger partial charge in [0.15, 0.2) is 0 Å². The van der Waals surface area contributed by atoms with E-state index in [0.29, 0.717) is 11.6 Å². The lowest BCUT2D eigenvalue weighted by Gasteiger charge is -2.30. The molecule has 0 aliphatic rings. The van der Waals surface area contributed by atoms with Crippen molar-refractivity contribution in [3.05, 3.63) is 63.6 Å². The smallest absolute Gasteiger partial charge is 0.0525 e. The number of halogens is 2. The minimum atomic E-state index is 0.132. The van der Waals surface area contributed by atoms with E-state index in [1.165, 1.54) is 0 Å². The molecule has 0 saturated heterocycles. The van der Waals surface area contributed by atoms with Crippen LogP contribution in [0.15, 0.2) is 42.5 Å². The number of nitrogens with zero attached hydrogens (tertiary/aromatic N) is 1. The Bertz CT molecular complexity index is 599. The summed E-state index contributed by atoms with van der Waals surface area (Å²) in [4.78, 5) is 2.15. The van der Waals surface area contributed by atoms with E-state index in [1.807, 2.05) is 49.5 Å². The zero-order valence-electron chi connectivity index (χ0n) is 11.6. The quantitative estimate of drug-likeness (QED) is 0.891. The van der Waals surface area contributed by atoms with Gasteiger partial charge in [0.25, 0.3) is 0 Å². The normalized spacial score (nSPS) is 12.2. The van der Waals surface area contributed by atoms with E-state index < -0.39 is 0 Å². The van der Waals surface area contributed by atoms with Crippen molar-refractivity contribution in [2.24, 2.45) is 5.73 Å². The van der Waals surface area contributed by atoms with Crippen LogP contribution >= 0.6 is 23.2 Å². The Morgan fingerprint density at radius 3 is 2.50 bits per heavy atom. The molecule has 20 heavy (non-hydrogen) atoms. The van der Waals surface area contributed by atoms with Gasteiger partial charge in [-0.2, -0.15) is 0 Å². The van der Waals surface area contributed by atoms with Crippen LogP contribution in [0.5, 0.6) is 0 Å². The second kappa shape index (κ2) is 6.49. The molecule has 0 aliphatic heterocycles. The molecule has 0 aromatic heterocycles. The molecule has 0 spiro atoms. The van der Waals surface area contributed by atoms with Gasteiger partial charge in [-0.1, -0.05) is 47.5 Å². The molecular formula is C16H18Cl2N2. The maximum Gasteiger partial charge on any atom is 0.0525 e. The summed E-state index contributed by atoms with van der Waals surface area (Å²) in [6.45, 7) is 2.59. The van der Waals surface area contributed by atoms with Crippen molar-refractivity contribution in [2.45, 2.75) is 19.5 Å². The van der Waals surface area contributed by atoms with Crippen LogP contribution < -0.4 is 10.6 Å². The van der Waals surface area contributed by atoms with E-state index in [4.69, 9.17) is 28.9 Å². The van der Waals surface area contributed by atoms with Crippen molar-refractivity contribution in [1.29, 1.82) is 0 Å². The topological polar surface area (TPSA) is 29.3 Å². The predicted molar refractivity (Wildman–Crippen MR) is 87.6 cm³/mol. The third-order valence-corrected chi connectivity index (χ3v) is 4.16. The Labute approximate surface area is 130 Å². The molecule has 0 heterocycles. The van der Waals surface area contributed by atoms with Gasteiger partial charge in [0.2, 0.25) is 0 Å². The van der Waals surface area contributed by atoms with Gasteiger partial charge < -0.3 is 10.6 Å². The number of hydrogen-bond donors (Lipinski definition) is 1. The third-order valence-electron chi connectivity index (χ3n) is 3.58. The maximum absolute atomic E-state index is 6.28. The first kappa shape index (κ1) is 15.2. The first-order chi connectivity index (χ1) is 9.54. The van der Waals surface area contributed by atoms with E-state index in [9.17, 15) is 0 Å². The lowest BCUT2D eigenvalue weighted by Crippen LogP contribution is -2.23. The number of nitrogens with two attached hydrogens (primary N) is 1. The molecule has 1 unspecified atom stereocenters. The molecule has 1 atom stereocenters. The Morgan fingerprint density at radius 2 is 1.85 bits per heavy atom. The molecule has 0 saturated carbocycles. The first-order valence-electron chi connectivity index (χ1n) is 6.50. The third kappa shape index (κ3) is 3.09. The minimum absolute atomic E-state index is 0.132. The van der Waals surface area contributed by atoms with Crippen LogP contribution in [-0.2, 0) is 6.54 Å². The van der Waals surface area contributed by atoms with Gasteiger partial charge in [0.05, 0.1) is 6.04 Å². The summed E-state index contributed by atoms with van der Waals surface area (Å²) < 4.78 is 0. The van der Waals surface area contributed by atoms with Crippen LogP contribution in [0.25, 0.3) is 0 Å². The molecule has 2 nitrogen and oxygen atoms in total. The Balaban J connectivity index is 2.38. The number of hydrogen-bond acceptors (Lipinski definition) is 2. The summed E-state index contributed by atoms with van der Waals surface area (Å²) >= 11 is 12.4. The summed E-state index contributed by atoms with van der Waals surface area (Å²) in [6.07, 6.45) is 0. The molecule has 0 fully saturated rings. The molecule has 2 N–H and O–H groups in total. The van der Waals surface area contributed by atoms with Crippen molar-refractivity contribution in [3.8, 4) is 0 Å². The first-order valence-corrected chi connectivity index (χ1v) is 7.26. The van der Waals surface area contributed by atoms with Crippen LogP contribution in [0, 0.1) is 0 Å². The van der Waals surface area contributed by atoms with Crippen LogP contribution in [0.3, 0.4) is 0 Å². The summed E-state index contributed by atoms with van der Waals surface area (Å²) in [6, 6.07) is 13.8. The average Bonchev–Trinajstić information content (AvgIpc) is 2.46. The van der Waals surface area contributed by atoms with E-state index in [0.717, 1.165) is 21.8 Å². The summed E-state index contributed by atoms with van der Waals surface area (Å²) in [5.41, 5.74) is 8.99. The van der Waals surface area contributed by atoms with Gasteiger partial charge in [0, 0.05) is 29.3 Å². The monoisotopic (exact) mass is 308 g/mol. The van der Waals surface area contributed by atoms with Crippen molar-refractivity contribution >= 4 is 28.9 Å². The van der Waals surface area contributed by atoms with Crippen LogP contribution in [0.2, 0.25) is 10.0 Å². The lowest BCUT2D eigenvalue weighted by molar-refractivity contribution is 0.735. The molecule has 4 heteroatoms. The highest BCUT2D eigenvalue weighted by molar-refractivity contribution is 6.31. The highest BCUT2D eigenvalue weighted by Crippen LogP contribution is 2.33. The van der Waals surface area contributed by atoms with E-state index in [1.54, 1.807) is 0 Å². The summed E-state index contributed by atoms with van der Waals surface area (Å²) in [5.74, 6) is 0. The average molecular weight is 309 g/mol. The Hall–Kier alpha value is -1.22. The zero-order chi connectivity index (χ0) is 14.7. The molecule has 106 valence electrons. The molecular weight excluding hydrogens is 291 g/mol. The number of rotatable bonds is 4. The Morgan fingerprint density at radius 1 is 1.15 bits per heavy atom. The number of anilines is 1. The highest BCUT2D eigenvalue weighted by atomic mass is 35.5. The summed E-state index contributed by atoms with van der Waals surface area (Å²) in [7, 11) is 2.03. The van der Waals surface area contributed by atoms with Gasteiger partial charge in [0.1, 0.15) is 0 Å². The van der Waals surface area contributed by atoms with E-state index >= 15 is 0 Å². The number of benzene rings is 2. The highest BCUT2D eigenvalue weighted by Gasteiger charge is 2.17. The molecule has 0 amide bonds. The van der Waals surface area contributed by atoms with Gasteiger partial charge in [-0.15, -0.1) is 0 Å². The van der Waals surface area contributed by atoms with Gasteiger partial charge in [-0.3, -0.25) is 0 Å². The fraction of sp³-hybridized carbons (Fsp3) is 0.250. The van der Waals surface area contributed by atoms with E-state index in [2.05, 4.69) is 11.8 Å². The molecule has 2 aromatic carbocycles. The SMILES string of the molecule is CC(c1ccccc1Cl)N(C)c1cc(Cl)ccc1CN. The molecule has 2 aromatic rings. The fourth-order valence-electron chi connectivity index (χ4n) is 2.27. The van der Waals surface area contributed by atoms with Crippen molar-refractivity contribution in [2.75, 3.05) is 11.9 Å². The van der Waals surface area contributed by atoms with Crippen molar-refractivity contribution in [1.82, 2.24) is 0 Å². The van der Waals surface area contributed by atoms with Gasteiger partial charge >= 0.3 is 0 Å². The lowest BCUT2D eigenvalue weighted by atomic mass is 10.0.